The fourth-order valence-electron chi connectivity index (χ4n) is 2.96. The van der Waals surface area contributed by atoms with Gasteiger partial charge in [0.25, 0.3) is 0 Å². The Balaban J connectivity index is 1.80. The number of halogens is 2. The summed E-state index contributed by atoms with van der Waals surface area (Å²) < 4.78 is 14.1. The van der Waals surface area contributed by atoms with Crippen LogP contribution in [-0.2, 0) is 6.42 Å². The first-order valence-corrected chi connectivity index (χ1v) is 8.06. The van der Waals surface area contributed by atoms with Gasteiger partial charge in [-0.25, -0.2) is 4.39 Å². The first kappa shape index (κ1) is 15.0. The van der Waals surface area contributed by atoms with Crippen molar-refractivity contribution in [3.63, 3.8) is 0 Å². The van der Waals surface area contributed by atoms with Gasteiger partial charge >= 0.3 is 0 Å². The van der Waals surface area contributed by atoms with Crippen LogP contribution in [0.2, 0.25) is 0 Å². The highest BCUT2D eigenvalue weighted by Gasteiger charge is 2.16. The van der Waals surface area contributed by atoms with Gasteiger partial charge < -0.3 is 5.11 Å². The Labute approximate surface area is 123 Å². The summed E-state index contributed by atoms with van der Waals surface area (Å²) in [4.78, 5) is 0. The molecular weight excluding hydrogens is 307 g/mol. The molecule has 1 aliphatic rings. The predicted octanol–water partition coefficient (Wildman–Crippen LogP) is 4.85. The monoisotopic (exact) mass is 328 g/mol. The van der Waals surface area contributed by atoms with Crippen LogP contribution in [0.3, 0.4) is 0 Å². The molecule has 1 aromatic rings. The lowest BCUT2D eigenvalue weighted by atomic mass is 9.85. The third-order valence-electron chi connectivity index (χ3n) is 4.10. The van der Waals surface area contributed by atoms with E-state index in [1.54, 1.807) is 6.07 Å². The van der Waals surface area contributed by atoms with E-state index in [2.05, 4.69) is 15.9 Å². The molecule has 0 aromatic heterocycles. The Morgan fingerprint density at radius 2 is 2.00 bits per heavy atom. The third kappa shape index (κ3) is 4.88. The zero-order valence-corrected chi connectivity index (χ0v) is 12.8. The van der Waals surface area contributed by atoms with Crippen molar-refractivity contribution in [3.8, 4) is 0 Å². The number of hydrogen-bond acceptors (Lipinski definition) is 1. The Morgan fingerprint density at radius 3 is 2.74 bits per heavy atom. The maximum absolute atomic E-state index is 13.2. The molecule has 0 spiro atoms. The van der Waals surface area contributed by atoms with Crippen LogP contribution < -0.4 is 0 Å². The van der Waals surface area contributed by atoms with Crippen LogP contribution in [0.5, 0.6) is 0 Å². The van der Waals surface area contributed by atoms with Gasteiger partial charge in [-0.05, 0) is 48.9 Å². The second-order valence-electron chi connectivity index (χ2n) is 5.68. The summed E-state index contributed by atoms with van der Waals surface area (Å²) >= 11 is 3.41. The fraction of sp³-hybridized carbons (Fsp3) is 0.625. The van der Waals surface area contributed by atoms with Gasteiger partial charge in [0.05, 0.1) is 6.10 Å². The van der Waals surface area contributed by atoms with Crippen molar-refractivity contribution in [2.24, 2.45) is 5.92 Å². The molecule has 2 rings (SSSR count). The average molecular weight is 329 g/mol. The molecule has 0 saturated heterocycles. The van der Waals surface area contributed by atoms with E-state index in [1.165, 1.54) is 44.2 Å². The van der Waals surface area contributed by atoms with Gasteiger partial charge in [0.2, 0.25) is 0 Å². The van der Waals surface area contributed by atoms with E-state index in [9.17, 15) is 9.50 Å². The lowest BCUT2D eigenvalue weighted by Crippen LogP contribution is -2.15. The maximum Gasteiger partial charge on any atom is 0.123 e. The van der Waals surface area contributed by atoms with Gasteiger partial charge in [0.1, 0.15) is 5.82 Å². The summed E-state index contributed by atoms with van der Waals surface area (Å²) in [5.74, 6) is 0.553. The molecule has 19 heavy (non-hydrogen) atoms. The van der Waals surface area contributed by atoms with E-state index >= 15 is 0 Å². The minimum Gasteiger partial charge on any atom is -0.393 e. The quantitative estimate of drug-likeness (QED) is 0.818. The molecular formula is C16H22BrFO. The van der Waals surface area contributed by atoms with E-state index < -0.39 is 0 Å². The summed E-state index contributed by atoms with van der Waals surface area (Å²) in [6, 6.07) is 4.65. The fourth-order valence-corrected chi connectivity index (χ4v) is 3.37. The molecule has 1 aliphatic carbocycles. The zero-order chi connectivity index (χ0) is 13.7. The standard InChI is InChI=1S/C16H22BrFO/c17-16-9-7-14(18)10-13(16)11-15(19)8-6-12-4-2-1-3-5-12/h7,9-10,12,15,19H,1-6,8,11H2. The molecule has 1 fully saturated rings. The van der Waals surface area contributed by atoms with Crippen LogP contribution in [0.15, 0.2) is 22.7 Å². The van der Waals surface area contributed by atoms with Crippen molar-refractivity contribution < 1.29 is 9.50 Å². The lowest BCUT2D eigenvalue weighted by molar-refractivity contribution is 0.149. The second kappa shape index (κ2) is 7.39. The van der Waals surface area contributed by atoms with Crippen molar-refractivity contribution in [1.82, 2.24) is 0 Å². The Bertz CT molecular complexity index is 402. The Kier molecular flexibility index (Phi) is 5.83. The highest BCUT2D eigenvalue weighted by atomic mass is 79.9. The molecule has 1 aromatic carbocycles. The average Bonchev–Trinajstić information content (AvgIpc) is 2.42. The predicted molar refractivity (Wildman–Crippen MR) is 79.6 cm³/mol. The zero-order valence-electron chi connectivity index (χ0n) is 11.2. The summed E-state index contributed by atoms with van der Waals surface area (Å²) in [6.45, 7) is 0. The summed E-state index contributed by atoms with van der Waals surface area (Å²) in [6.07, 6.45) is 8.79. The van der Waals surface area contributed by atoms with Crippen molar-refractivity contribution in [3.05, 3.63) is 34.1 Å². The number of rotatable bonds is 5. The van der Waals surface area contributed by atoms with Gasteiger partial charge in [-0.3, -0.25) is 0 Å². The van der Waals surface area contributed by atoms with E-state index in [0.29, 0.717) is 6.42 Å². The normalized spacial score (nSPS) is 18.5. The molecule has 0 heterocycles. The molecule has 0 aliphatic heterocycles. The van der Waals surface area contributed by atoms with Crippen LogP contribution in [0.4, 0.5) is 4.39 Å². The van der Waals surface area contributed by atoms with Gasteiger partial charge in [-0.2, -0.15) is 0 Å². The Hall–Kier alpha value is -0.410. The molecule has 1 nitrogen and oxygen atoms in total. The molecule has 1 N–H and O–H groups in total. The SMILES string of the molecule is OC(CCC1CCCCC1)Cc1cc(F)ccc1Br. The molecule has 1 saturated carbocycles. The third-order valence-corrected chi connectivity index (χ3v) is 4.87. The topological polar surface area (TPSA) is 20.2 Å². The molecule has 3 heteroatoms. The first-order valence-electron chi connectivity index (χ1n) is 7.27. The minimum atomic E-state index is -0.361. The lowest BCUT2D eigenvalue weighted by Gasteiger charge is -2.22. The molecule has 106 valence electrons. The van der Waals surface area contributed by atoms with Crippen LogP contribution in [0.1, 0.15) is 50.5 Å². The number of hydrogen-bond donors (Lipinski definition) is 1. The highest BCUT2D eigenvalue weighted by Crippen LogP contribution is 2.28. The van der Waals surface area contributed by atoms with Crippen LogP contribution in [0, 0.1) is 11.7 Å². The molecule has 1 unspecified atom stereocenters. The van der Waals surface area contributed by atoms with Crippen molar-refractivity contribution >= 4 is 15.9 Å². The van der Waals surface area contributed by atoms with Crippen molar-refractivity contribution in [1.29, 1.82) is 0 Å². The molecule has 1 atom stereocenters. The maximum atomic E-state index is 13.2. The minimum absolute atomic E-state index is 0.238. The summed E-state index contributed by atoms with van der Waals surface area (Å²) in [5.41, 5.74) is 0.858. The molecule has 0 amide bonds. The summed E-state index contributed by atoms with van der Waals surface area (Å²) in [7, 11) is 0. The number of aliphatic hydroxyl groups excluding tert-OH is 1. The van der Waals surface area contributed by atoms with Gasteiger partial charge in [-0.15, -0.1) is 0 Å². The van der Waals surface area contributed by atoms with E-state index in [0.717, 1.165) is 28.8 Å². The largest absolute Gasteiger partial charge is 0.393 e. The van der Waals surface area contributed by atoms with Gasteiger partial charge in [0, 0.05) is 4.47 Å². The van der Waals surface area contributed by atoms with Gasteiger partial charge in [0.15, 0.2) is 0 Å². The summed E-state index contributed by atoms with van der Waals surface area (Å²) in [5, 5.41) is 10.1. The van der Waals surface area contributed by atoms with Crippen molar-refractivity contribution in [2.75, 3.05) is 0 Å². The number of aliphatic hydroxyl groups is 1. The van der Waals surface area contributed by atoms with E-state index in [1.807, 2.05) is 0 Å². The molecule has 0 bridgehead atoms. The van der Waals surface area contributed by atoms with E-state index in [-0.39, 0.29) is 11.9 Å². The smallest absolute Gasteiger partial charge is 0.123 e. The first-order chi connectivity index (χ1) is 9.15. The number of benzene rings is 1. The Morgan fingerprint density at radius 1 is 1.26 bits per heavy atom. The van der Waals surface area contributed by atoms with Crippen LogP contribution in [0.25, 0.3) is 0 Å². The van der Waals surface area contributed by atoms with Crippen molar-refractivity contribution in [2.45, 2.75) is 57.5 Å². The molecule has 0 radical (unpaired) electrons. The van der Waals surface area contributed by atoms with E-state index in [4.69, 9.17) is 0 Å². The highest BCUT2D eigenvalue weighted by molar-refractivity contribution is 9.10. The van der Waals surface area contributed by atoms with Gasteiger partial charge in [-0.1, -0.05) is 48.0 Å². The van der Waals surface area contributed by atoms with Crippen LogP contribution in [-0.4, -0.2) is 11.2 Å². The van der Waals surface area contributed by atoms with Crippen LogP contribution >= 0.6 is 15.9 Å². The second-order valence-corrected chi connectivity index (χ2v) is 6.53.